The molecular weight excluding hydrogens is 254 g/mol. The highest BCUT2D eigenvalue weighted by molar-refractivity contribution is 5.87. The number of rotatable bonds is 3. The molecule has 3 rings (SSSR count). The molecular formula is C15H19N3O2. The lowest BCUT2D eigenvalue weighted by Gasteiger charge is -2.28. The van der Waals surface area contributed by atoms with Gasteiger partial charge >= 0.3 is 5.97 Å². The third-order valence-corrected chi connectivity index (χ3v) is 4.08. The number of imidazole rings is 1. The molecule has 0 aromatic carbocycles. The van der Waals surface area contributed by atoms with Crippen molar-refractivity contribution in [3.63, 3.8) is 0 Å². The smallest absolute Gasteiger partial charge is 0.337 e. The number of nitrogens with zero attached hydrogens (tertiary/aromatic N) is 3. The molecule has 20 heavy (non-hydrogen) atoms. The summed E-state index contributed by atoms with van der Waals surface area (Å²) < 4.78 is 1.81. The molecule has 5 heteroatoms. The topological polar surface area (TPSA) is 57.8 Å². The van der Waals surface area contributed by atoms with Gasteiger partial charge in [0.2, 0.25) is 0 Å². The average Bonchev–Trinajstić information content (AvgIpc) is 2.82. The molecule has 1 saturated heterocycles. The van der Waals surface area contributed by atoms with Gasteiger partial charge in [-0.15, -0.1) is 0 Å². The first-order valence-electron chi connectivity index (χ1n) is 7.01. The molecule has 2 aromatic rings. The van der Waals surface area contributed by atoms with Crippen molar-refractivity contribution in [1.29, 1.82) is 0 Å². The second-order valence-electron chi connectivity index (χ2n) is 5.67. The maximum absolute atomic E-state index is 11.0. The first kappa shape index (κ1) is 13.1. The number of hydrogen-bond donors (Lipinski definition) is 1. The Kier molecular flexibility index (Phi) is 3.44. The lowest BCUT2D eigenvalue weighted by molar-refractivity contribution is 0.0696. The van der Waals surface area contributed by atoms with Crippen molar-refractivity contribution in [2.75, 3.05) is 20.1 Å². The summed E-state index contributed by atoms with van der Waals surface area (Å²) in [5.41, 5.74) is 2.17. The maximum atomic E-state index is 11.0. The second-order valence-corrected chi connectivity index (χ2v) is 5.67. The minimum atomic E-state index is -0.905. The quantitative estimate of drug-likeness (QED) is 0.928. The fourth-order valence-corrected chi connectivity index (χ4v) is 2.83. The Morgan fingerprint density at radius 2 is 2.10 bits per heavy atom. The van der Waals surface area contributed by atoms with Crippen LogP contribution in [0, 0.1) is 5.92 Å². The Balaban J connectivity index is 1.77. The van der Waals surface area contributed by atoms with Gasteiger partial charge in [0.1, 0.15) is 5.65 Å². The number of piperidine rings is 1. The highest BCUT2D eigenvalue weighted by atomic mass is 16.4. The number of aromatic carboxylic acids is 1. The van der Waals surface area contributed by atoms with E-state index in [1.165, 1.54) is 12.8 Å². The van der Waals surface area contributed by atoms with Crippen molar-refractivity contribution < 1.29 is 9.90 Å². The fourth-order valence-electron chi connectivity index (χ4n) is 2.83. The molecule has 0 amide bonds. The van der Waals surface area contributed by atoms with Crippen LogP contribution in [0.2, 0.25) is 0 Å². The van der Waals surface area contributed by atoms with Gasteiger partial charge in [0.25, 0.3) is 0 Å². The molecule has 3 heterocycles. The highest BCUT2D eigenvalue weighted by Gasteiger charge is 2.18. The van der Waals surface area contributed by atoms with Crippen LogP contribution in [0.15, 0.2) is 24.5 Å². The van der Waals surface area contributed by atoms with Crippen LogP contribution in [0.5, 0.6) is 0 Å². The van der Waals surface area contributed by atoms with Crippen molar-refractivity contribution in [2.24, 2.45) is 5.92 Å². The zero-order chi connectivity index (χ0) is 14.1. The largest absolute Gasteiger partial charge is 0.478 e. The van der Waals surface area contributed by atoms with E-state index in [1.54, 1.807) is 18.3 Å². The molecule has 1 aliphatic heterocycles. The first-order valence-corrected chi connectivity index (χ1v) is 7.01. The maximum Gasteiger partial charge on any atom is 0.337 e. The van der Waals surface area contributed by atoms with Crippen LogP contribution in [0.25, 0.3) is 5.65 Å². The molecule has 1 aliphatic rings. The van der Waals surface area contributed by atoms with Crippen LogP contribution in [-0.4, -0.2) is 45.5 Å². The Hall–Kier alpha value is -1.88. The van der Waals surface area contributed by atoms with Crippen molar-refractivity contribution in [2.45, 2.75) is 19.3 Å². The molecule has 5 nitrogen and oxygen atoms in total. The molecule has 106 valence electrons. The predicted octanol–water partition coefficient (Wildman–Crippen LogP) is 1.92. The summed E-state index contributed by atoms with van der Waals surface area (Å²) in [5, 5.41) is 9.00. The standard InChI is InChI=1S/C15H19N3O2/c1-17-6-4-11(5-7-17)8-13-10-18-9-12(15(19)20)2-3-14(18)16-13/h2-3,9-11H,4-8H2,1H3,(H,19,20). The van der Waals surface area contributed by atoms with Gasteiger partial charge in [-0.1, -0.05) is 0 Å². The number of aromatic nitrogens is 2. The van der Waals surface area contributed by atoms with E-state index in [9.17, 15) is 4.79 Å². The first-order chi connectivity index (χ1) is 9.61. The van der Waals surface area contributed by atoms with Crippen LogP contribution in [-0.2, 0) is 6.42 Å². The van der Waals surface area contributed by atoms with E-state index in [0.29, 0.717) is 11.5 Å². The number of carboxylic acid groups (broad SMARTS) is 1. The van der Waals surface area contributed by atoms with Gasteiger partial charge in [0, 0.05) is 12.4 Å². The minimum absolute atomic E-state index is 0.292. The lowest BCUT2D eigenvalue weighted by Crippen LogP contribution is -2.30. The third kappa shape index (κ3) is 2.67. The Bertz CT molecular complexity index is 627. The SMILES string of the molecule is CN1CCC(Cc2cn3cc(C(=O)O)ccc3n2)CC1. The number of carboxylic acids is 1. The second kappa shape index (κ2) is 5.25. The average molecular weight is 273 g/mol. The van der Waals surface area contributed by atoms with Crippen molar-refractivity contribution in [3.8, 4) is 0 Å². The summed E-state index contributed by atoms with van der Waals surface area (Å²) in [6, 6.07) is 3.37. The van der Waals surface area contributed by atoms with Gasteiger partial charge in [-0.05, 0) is 57.5 Å². The summed E-state index contributed by atoms with van der Waals surface area (Å²) in [6.07, 6.45) is 7.00. The van der Waals surface area contributed by atoms with Gasteiger partial charge in [-0.2, -0.15) is 0 Å². The van der Waals surface area contributed by atoms with Crippen LogP contribution >= 0.6 is 0 Å². The van der Waals surface area contributed by atoms with Crippen molar-refractivity contribution >= 4 is 11.6 Å². The summed E-state index contributed by atoms with van der Waals surface area (Å²) in [7, 11) is 2.16. The van der Waals surface area contributed by atoms with Gasteiger partial charge in [-0.25, -0.2) is 9.78 Å². The number of likely N-dealkylation sites (tertiary alicyclic amines) is 1. The monoisotopic (exact) mass is 273 g/mol. The lowest BCUT2D eigenvalue weighted by atomic mass is 9.93. The van der Waals surface area contributed by atoms with Gasteiger partial charge in [0.15, 0.2) is 0 Å². The van der Waals surface area contributed by atoms with Gasteiger partial charge in [0.05, 0.1) is 11.3 Å². The third-order valence-electron chi connectivity index (χ3n) is 4.08. The van der Waals surface area contributed by atoms with E-state index in [-0.39, 0.29) is 0 Å². The van der Waals surface area contributed by atoms with Crippen LogP contribution in [0.3, 0.4) is 0 Å². The van der Waals surface area contributed by atoms with E-state index in [0.717, 1.165) is 30.9 Å². The summed E-state index contributed by atoms with van der Waals surface area (Å²) in [6.45, 7) is 2.31. The van der Waals surface area contributed by atoms with E-state index in [2.05, 4.69) is 16.9 Å². The number of carbonyl (C=O) groups is 1. The molecule has 0 saturated carbocycles. The Morgan fingerprint density at radius 3 is 2.80 bits per heavy atom. The molecule has 0 spiro atoms. The molecule has 0 aliphatic carbocycles. The summed E-state index contributed by atoms with van der Waals surface area (Å²) in [4.78, 5) is 17.9. The Labute approximate surface area is 117 Å². The Morgan fingerprint density at radius 1 is 1.35 bits per heavy atom. The molecule has 0 radical (unpaired) electrons. The fraction of sp³-hybridized carbons (Fsp3) is 0.467. The van der Waals surface area contributed by atoms with E-state index in [1.807, 2.05) is 10.6 Å². The highest BCUT2D eigenvalue weighted by Crippen LogP contribution is 2.21. The molecule has 2 aromatic heterocycles. The summed E-state index contributed by atoms with van der Waals surface area (Å²) in [5.74, 6) is -0.215. The van der Waals surface area contributed by atoms with E-state index < -0.39 is 5.97 Å². The predicted molar refractivity (Wildman–Crippen MR) is 76.1 cm³/mol. The van der Waals surface area contributed by atoms with Crippen LogP contribution in [0.1, 0.15) is 28.9 Å². The molecule has 1 fully saturated rings. The van der Waals surface area contributed by atoms with E-state index in [4.69, 9.17) is 5.11 Å². The van der Waals surface area contributed by atoms with Crippen molar-refractivity contribution in [3.05, 3.63) is 35.8 Å². The normalized spacial score (nSPS) is 17.6. The van der Waals surface area contributed by atoms with E-state index >= 15 is 0 Å². The summed E-state index contributed by atoms with van der Waals surface area (Å²) >= 11 is 0. The number of pyridine rings is 1. The molecule has 0 bridgehead atoms. The van der Waals surface area contributed by atoms with Crippen LogP contribution < -0.4 is 0 Å². The van der Waals surface area contributed by atoms with Gasteiger partial charge in [-0.3, -0.25) is 0 Å². The molecule has 0 unspecified atom stereocenters. The molecule has 0 atom stereocenters. The minimum Gasteiger partial charge on any atom is -0.478 e. The zero-order valence-corrected chi connectivity index (χ0v) is 11.6. The zero-order valence-electron chi connectivity index (χ0n) is 11.6. The number of fused-ring (bicyclic) bond motifs is 1. The number of hydrogen-bond acceptors (Lipinski definition) is 3. The van der Waals surface area contributed by atoms with Crippen LogP contribution in [0.4, 0.5) is 0 Å². The van der Waals surface area contributed by atoms with Crippen molar-refractivity contribution in [1.82, 2.24) is 14.3 Å². The molecule has 1 N–H and O–H groups in total. The van der Waals surface area contributed by atoms with Gasteiger partial charge < -0.3 is 14.4 Å².